The molecule has 0 spiro atoms. The second kappa shape index (κ2) is 3.92. The summed E-state index contributed by atoms with van der Waals surface area (Å²) in [5.41, 5.74) is 8.67. The molecule has 0 aliphatic rings. The van der Waals surface area contributed by atoms with Gasteiger partial charge in [0.05, 0.1) is 0 Å². The molecule has 0 bridgehead atoms. The fourth-order valence-corrected chi connectivity index (χ4v) is 1.86. The quantitative estimate of drug-likeness (QED) is 0.425. The van der Waals surface area contributed by atoms with Crippen LogP contribution >= 0.6 is 0 Å². The largest absolute Gasteiger partial charge is 0.206 e. The van der Waals surface area contributed by atoms with E-state index in [4.69, 9.17) is 0 Å². The minimum atomic E-state index is -1.79. The van der Waals surface area contributed by atoms with Gasteiger partial charge in [-0.1, -0.05) is 17.1 Å². The van der Waals surface area contributed by atoms with E-state index >= 15 is 0 Å². The normalized spacial score (nSPS) is 8.90. The Hall–Kier alpha value is -1.00. The molecule has 0 heterocycles. The van der Waals surface area contributed by atoms with Crippen molar-refractivity contribution in [2.75, 3.05) is 0 Å². The maximum Gasteiger partial charge on any atom is 0.206 e. The summed E-state index contributed by atoms with van der Waals surface area (Å²) >= 11 is 0. The molecule has 0 N–H and O–H groups in total. The number of rotatable bonds is 3. The minimum absolute atomic E-state index is 1.79. The van der Waals surface area contributed by atoms with Crippen molar-refractivity contribution >= 4 is 8.07 Å². The van der Waals surface area contributed by atoms with Gasteiger partial charge in [0, 0.05) is 0 Å². The van der Waals surface area contributed by atoms with Crippen molar-refractivity contribution in [2.45, 2.75) is 6.92 Å². The Morgan fingerprint density at radius 3 is 1.60 bits per heavy atom. The highest BCUT2D eigenvalue weighted by Gasteiger charge is 2.17. The molecule has 0 saturated carbocycles. The highest BCUT2D eigenvalue weighted by atomic mass is 28.3. The Kier molecular flexibility index (Phi) is 3.52. The van der Waals surface area contributed by atoms with E-state index in [9.17, 15) is 0 Å². The van der Waals surface area contributed by atoms with Gasteiger partial charge in [-0.15, -0.1) is 31.2 Å². The van der Waals surface area contributed by atoms with Crippen LogP contribution in [0.1, 0.15) is 6.92 Å². The van der Waals surface area contributed by atoms with Crippen LogP contribution in [0.4, 0.5) is 0 Å². The van der Waals surface area contributed by atoms with Crippen LogP contribution in [-0.2, 0) is 0 Å². The van der Waals surface area contributed by atoms with Crippen molar-refractivity contribution in [3.63, 3.8) is 0 Å². The number of hydrogen-bond donors (Lipinski definition) is 0. The molecule has 0 amide bonds. The van der Waals surface area contributed by atoms with Gasteiger partial charge in [-0.2, -0.15) is 0 Å². The lowest BCUT2D eigenvalue weighted by Gasteiger charge is -2.08. The molecule has 0 aliphatic heterocycles. The zero-order chi connectivity index (χ0) is 8.04. The zero-order valence-corrected chi connectivity index (χ0v) is 7.35. The van der Waals surface area contributed by atoms with Gasteiger partial charge < -0.3 is 0 Å². The summed E-state index contributed by atoms with van der Waals surface area (Å²) < 4.78 is 0. The van der Waals surface area contributed by atoms with E-state index < -0.39 is 8.07 Å². The fourth-order valence-electron chi connectivity index (χ4n) is 0.620. The first-order valence-electron chi connectivity index (χ1n) is 3.09. The molecule has 0 unspecified atom stereocenters. The molecule has 0 aliphatic carbocycles. The molecular formula is C9H12Si. The summed E-state index contributed by atoms with van der Waals surface area (Å²) in [6.45, 7) is 12.9. The fraction of sp³-hybridized carbons (Fsp3) is 0.111. The number of hydrogen-bond acceptors (Lipinski definition) is 0. The molecule has 0 rings (SSSR count). The average Bonchev–Trinajstić information content (AvgIpc) is 2.01. The van der Waals surface area contributed by atoms with Crippen LogP contribution in [0.3, 0.4) is 0 Å². The first-order valence-corrected chi connectivity index (χ1v) is 5.32. The zero-order valence-electron chi connectivity index (χ0n) is 6.35. The third kappa shape index (κ3) is 1.75. The van der Waals surface area contributed by atoms with E-state index in [-0.39, 0.29) is 0 Å². The van der Waals surface area contributed by atoms with Crippen molar-refractivity contribution in [3.05, 3.63) is 36.8 Å². The molecule has 0 aromatic heterocycles. The lowest BCUT2D eigenvalue weighted by atomic mass is 10.8. The predicted octanol–water partition coefficient (Wildman–Crippen LogP) is 2.17. The first kappa shape index (κ1) is 9.00. The molecule has 1 heteroatoms. The summed E-state index contributed by atoms with van der Waals surface area (Å²) in [6.07, 6.45) is 0. The maximum atomic E-state index is 3.71. The Morgan fingerprint density at radius 2 is 1.50 bits per heavy atom. The van der Waals surface area contributed by atoms with Crippen LogP contribution < -0.4 is 0 Å². The van der Waals surface area contributed by atoms with Gasteiger partial charge >= 0.3 is 0 Å². The molecule has 10 heavy (non-hydrogen) atoms. The minimum Gasteiger partial charge on any atom is -0.116 e. The molecule has 0 fully saturated rings. The van der Waals surface area contributed by atoms with Crippen LogP contribution in [0.2, 0.25) is 0 Å². The van der Waals surface area contributed by atoms with Crippen LogP contribution in [0, 0.1) is 11.5 Å². The van der Waals surface area contributed by atoms with E-state index in [0.717, 1.165) is 0 Å². The second-order valence-electron chi connectivity index (χ2n) is 1.92. The van der Waals surface area contributed by atoms with Crippen molar-refractivity contribution in [1.29, 1.82) is 0 Å². The molecular weight excluding hydrogens is 136 g/mol. The van der Waals surface area contributed by atoms with Crippen LogP contribution in [-0.4, -0.2) is 8.07 Å². The van der Waals surface area contributed by atoms with Crippen molar-refractivity contribution in [3.8, 4) is 11.5 Å². The first-order chi connectivity index (χ1) is 4.74. The molecule has 0 atom stereocenters. The predicted molar refractivity (Wildman–Crippen MR) is 49.8 cm³/mol. The van der Waals surface area contributed by atoms with Crippen LogP contribution in [0.25, 0.3) is 0 Å². The summed E-state index contributed by atoms with van der Waals surface area (Å²) in [6, 6.07) is 0. The van der Waals surface area contributed by atoms with Crippen molar-refractivity contribution in [1.82, 2.24) is 0 Å². The molecule has 0 saturated heterocycles. The highest BCUT2D eigenvalue weighted by Crippen LogP contribution is 2.04. The van der Waals surface area contributed by atoms with Gasteiger partial charge in [0.25, 0.3) is 0 Å². The topological polar surface area (TPSA) is 0 Å². The Bertz CT molecular complexity index is 181. The monoisotopic (exact) mass is 148 g/mol. The summed E-state index contributed by atoms with van der Waals surface area (Å²) in [5.74, 6) is 2.86. The third-order valence-corrected chi connectivity index (χ3v) is 4.06. The smallest absolute Gasteiger partial charge is 0.116 e. The summed E-state index contributed by atoms with van der Waals surface area (Å²) in [5, 5.41) is 0. The van der Waals surface area contributed by atoms with E-state index in [1.54, 1.807) is 0 Å². The van der Waals surface area contributed by atoms with Gasteiger partial charge in [0.2, 0.25) is 8.07 Å². The van der Waals surface area contributed by atoms with Gasteiger partial charge in [-0.25, -0.2) is 0 Å². The molecule has 0 aromatic carbocycles. The van der Waals surface area contributed by atoms with E-state index in [0.29, 0.717) is 0 Å². The standard InChI is InChI=1S/C9H12Si/c1-5-9-10(6-2,7-3)8-4/h6-8H,2-4H2,1H3. The van der Waals surface area contributed by atoms with Gasteiger partial charge in [0.15, 0.2) is 0 Å². The highest BCUT2D eigenvalue weighted by molar-refractivity contribution is 6.99. The third-order valence-electron chi connectivity index (χ3n) is 1.35. The van der Waals surface area contributed by atoms with Crippen molar-refractivity contribution in [2.24, 2.45) is 0 Å². The SMILES string of the molecule is C=C[Si](C#CC)(C=C)C=C. The molecule has 52 valence electrons. The van der Waals surface area contributed by atoms with Gasteiger partial charge in [-0.05, 0) is 6.92 Å². The Labute approximate surface area is 64.0 Å². The van der Waals surface area contributed by atoms with Gasteiger partial charge in [-0.3, -0.25) is 0 Å². The molecule has 0 aromatic rings. The maximum absolute atomic E-state index is 3.71. The molecule has 0 nitrogen and oxygen atoms in total. The second-order valence-corrected chi connectivity index (χ2v) is 5.26. The lowest BCUT2D eigenvalue weighted by Crippen LogP contribution is -2.24. The average molecular weight is 148 g/mol. The summed E-state index contributed by atoms with van der Waals surface area (Å²) in [7, 11) is -1.79. The van der Waals surface area contributed by atoms with Gasteiger partial charge in [0.1, 0.15) is 0 Å². The van der Waals surface area contributed by atoms with Crippen LogP contribution in [0.5, 0.6) is 0 Å². The van der Waals surface area contributed by atoms with E-state index in [2.05, 4.69) is 31.2 Å². The van der Waals surface area contributed by atoms with E-state index in [1.807, 2.05) is 24.0 Å². The van der Waals surface area contributed by atoms with Crippen molar-refractivity contribution < 1.29 is 0 Å². The van der Waals surface area contributed by atoms with E-state index in [1.165, 1.54) is 0 Å². The Balaban J connectivity index is 4.74. The molecule has 0 radical (unpaired) electrons. The Morgan fingerprint density at radius 1 is 1.10 bits per heavy atom. The lowest BCUT2D eigenvalue weighted by molar-refractivity contribution is 1.92. The van der Waals surface area contributed by atoms with Crippen LogP contribution in [0.15, 0.2) is 36.8 Å². The summed E-state index contributed by atoms with van der Waals surface area (Å²) in [4.78, 5) is 0.